The maximum Gasteiger partial charge on any atom is 0.264 e. The molecule has 0 bridgehead atoms. The quantitative estimate of drug-likeness (QED) is 0.630. The normalized spacial score (nSPS) is 10.6. The highest BCUT2D eigenvalue weighted by molar-refractivity contribution is 8.01. The fourth-order valence-electron chi connectivity index (χ4n) is 1.94. The zero-order valence-electron chi connectivity index (χ0n) is 11.4. The van der Waals surface area contributed by atoms with E-state index in [0.717, 1.165) is 21.2 Å². The molecular weight excluding hydrogens is 336 g/mol. The first-order valence-corrected chi connectivity index (χ1v) is 8.53. The third kappa shape index (κ3) is 3.94. The minimum atomic E-state index is -0.472. The molecule has 0 aliphatic carbocycles. The maximum absolute atomic E-state index is 11.1. The highest BCUT2D eigenvalue weighted by atomic mass is 35.5. The van der Waals surface area contributed by atoms with Gasteiger partial charge in [0.05, 0.1) is 6.20 Å². The van der Waals surface area contributed by atoms with Crippen LogP contribution < -0.4 is 0 Å². The molecule has 0 spiro atoms. The van der Waals surface area contributed by atoms with Gasteiger partial charge in [-0.3, -0.25) is 9.78 Å². The van der Waals surface area contributed by atoms with Crippen molar-refractivity contribution in [1.29, 1.82) is 0 Å². The van der Waals surface area contributed by atoms with Gasteiger partial charge in [-0.15, -0.1) is 11.3 Å². The second kappa shape index (κ2) is 7.05. The van der Waals surface area contributed by atoms with Gasteiger partial charge >= 0.3 is 0 Å². The fourth-order valence-corrected chi connectivity index (χ4v) is 3.94. The van der Waals surface area contributed by atoms with Crippen LogP contribution in [-0.4, -0.2) is 15.2 Å². The molecule has 0 aliphatic heterocycles. The number of halogens is 1. The largest absolute Gasteiger partial charge is 0.275 e. The summed E-state index contributed by atoms with van der Waals surface area (Å²) < 4.78 is 0.780. The predicted molar refractivity (Wildman–Crippen MR) is 89.9 cm³/mol. The molecule has 0 amide bonds. The lowest BCUT2D eigenvalue weighted by molar-refractivity contribution is 0.108. The van der Waals surface area contributed by atoms with Crippen molar-refractivity contribution in [1.82, 2.24) is 9.97 Å². The van der Waals surface area contributed by atoms with E-state index in [9.17, 15) is 4.79 Å². The number of hydrogen-bond donors (Lipinski definition) is 0. The highest BCUT2D eigenvalue weighted by Gasteiger charge is 2.09. The van der Waals surface area contributed by atoms with Crippen molar-refractivity contribution in [3.8, 4) is 0 Å². The van der Waals surface area contributed by atoms with Crippen LogP contribution >= 0.6 is 34.7 Å². The van der Waals surface area contributed by atoms with Gasteiger partial charge in [0.1, 0.15) is 4.88 Å². The third-order valence-corrected chi connectivity index (χ3v) is 5.25. The molecule has 1 aromatic carbocycles. The number of carbonyl (C=O) groups excluding carboxylic acids is 1. The molecule has 110 valence electrons. The molecule has 0 unspecified atom stereocenters. The Balaban J connectivity index is 1.74. The first-order chi connectivity index (χ1) is 10.7. The van der Waals surface area contributed by atoms with Crippen LogP contribution in [0.1, 0.15) is 20.8 Å². The van der Waals surface area contributed by atoms with Gasteiger partial charge in [-0.1, -0.05) is 42.1 Å². The second-order valence-electron chi connectivity index (χ2n) is 4.56. The van der Waals surface area contributed by atoms with Crippen molar-refractivity contribution >= 4 is 39.9 Å². The van der Waals surface area contributed by atoms with E-state index in [1.807, 2.05) is 24.4 Å². The molecule has 0 N–H and O–H groups in total. The Morgan fingerprint density at radius 1 is 1.14 bits per heavy atom. The summed E-state index contributed by atoms with van der Waals surface area (Å²) in [5.74, 6) is 0. The third-order valence-electron chi connectivity index (χ3n) is 2.90. The summed E-state index contributed by atoms with van der Waals surface area (Å²) in [4.78, 5) is 21.0. The number of carbonyl (C=O) groups is 1. The topological polar surface area (TPSA) is 42.9 Å². The van der Waals surface area contributed by atoms with E-state index in [1.54, 1.807) is 6.20 Å². The van der Waals surface area contributed by atoms with E-state index in [0.29, 0.717) is 4.88 Å². The molecule has 2 aromatic heterocycles. The van der Waals surface area contributed by atoms with Crippen LogP contribution in [-0.2, 0) is 6.42 Å². The average Bonchev–Trinajstić information content (AvgIpc) is 2.97. The fraction of sp³-hybridized carbons (Fsp3) is 0.0625. The molecule has 3 aromatic rings. The molecule has 0 radical (unpaired) electrons. The average molecular weight is 347 g/mol. The van der Waals surface area contributed by atoms with Gasteiger partial charge in [0.2, 0.25) is 0 Å². The summed E-state index contributed by atoms with van der Waals surface area (Å²) in [5, 5.41) is -0.472. The standard InChI is InChI=1S/C16H11ClN2OS2/c17-15(20)14-10-19-16(22-14)21-13-7-12(8-18-9-13)6-11-4-2-1-3-5-11/h1-5,7-10H,6H2. The maximum atomic E-state index is 11.1. The summed E-state index contributed by atoms with van der Waals surface area (Å²) in [6.45, 7) is 0. The number of nitrogens with zero attached hydrogens (tertiary/aromatic N) is 2. The lowest BCUT2D eigenvalue weighted by Crippen LogP contribution is -1.89. The molecule has 3 nitrogen and oxygen atoms in total. The van der Waals surface area contributed by atoms with Gasteiger partial charge in [0.15, 0.2) is 4.34 Å². The SMILES string of the molecule is O=C(Cl)c1cnc(Sc2cncc(Cc3ccccc3)c2)s1. The first kappa shape index (κ1) is 15.2. The van der Waals surface area contributed by atoms with E-state index in [1.165, 1.54) is 34.9 Å². The summed E-state index contributed by atoms with van der Waals surface area (Å²) in [7, 11) is 0. The number of rotatable bonds is 5. The molecule has 6 heteroatoms. The molecule has 0 saturated heterocycles. The Hall–Kier alpha value is -1.69. The lowest BCUT2D eigenvalue weighted by Gasteiger charge is -2.03. The van der Waals surface area contributed by atoms with Gasteiger partial charge in [0, 0.05) is 17.3 Å². The molecule has 22 heavy (non-hydrogen) atoms. The van der Waals surface area contributed by atoms with Crippen LogP contribution in [0.3, 0.4) is 0 Å². The van der Waals surface area contributed by atoms with Crippen LogP contribution in [0.25, 0.3) is 0 Å². The van der Waals surface area contributed by atoms with Crippen molar-refractivity contribution in [2.45, 2.75) is 15.7 Å². The molecule has 3 rings (SSSR count). The van der Waals surface area contributed by atoms with Gasteiger partial charge in [-0.25, -0.2) is 4.98 Å². The Kier molecular flexibility index (Phi) is 4.87. The predicted octanol–water partition coefficient (Wildman–Crippen LogP) is 4.66. The van der Waals surface area contributed by atoms with Crippen molar-refractivity contribution in [3.05, 3.63) is 71.0 Å². The Bertz CT molecular complexity index is 790. The molecular formula is C16H11ClN2OS2. The van der Waals surface area contributed by atoms with E-state index in [-0.39, 0.29) is 0 Å². The minimum Gasteiger partial charge on any atom is -0.275 e. The summed E-state index contributed by atoms with van der Waals surface area (Å²) >= 11 is 8.22. The number of hydrogen-bond acceptors (Lipinski definition) is 5. The molecule has 0 fully saturated rings. The van der Waals surface area contributed by atoms with Gasteiger partial charge in [-0.2, -0.15) is 0 Å². The summed E-state index contributed by atoms with van der Waals surface area (Å²) in [5.41, 5.74) is 2.39. The Morgan fingerprint density at radius 3 is 2.68 bits per heavy atom. The number of thiazole rings is 1. The summed E-state index contributed by atoms with van der Waals surface area (Å²) in [6.07, 6.45) is 6.00. The van der Waals surface area contributed by atoms with Crippen LogP contribution in [0, 0.1) is 0 Å². The van der Waals surface area contributed by atoms with Gasteiger partial charge < -0.3 is 0 Å². The van der Waals surface area contributed by atoms with Crippen LogP contribution in [0.15, 0.2) is 64.2 Å². The van der Waals surface area contributed by atoms with Crippen molar-refractivity contribution in [2.75, 3.05) is 0 Å². The number of pyridine rings is 1. The molecule has 0 aliphatic rings. The van der Waals surface area contributed by atoms with Crippen molar-refractivity contribution in [3.63, 3.8) is 0 Å². The monoisotopic (exact) mass is 346 g/mol. The van der Waals surface area contributed by atoms with E-state index >= 15 is 0 Å². The van der Waals surface area contributed by atoms with E-state index in [4.69, 9.17) is 11.6 Å². The Morgan fingerprint density at radius 2 is 1.95 bits per heavy atom. The highest BCUT2D eigenvalue weighted by Crippen LogP contribution is 2.31. The van der Waals surface area contributed by atoms with E-state index < -0.39 is 5.24 Å². The van der Waals surface area contributed by atoms with Crippen molar-refractivity contribution in [2.24, 2.45) is 0 Å². The minimum absolute atomic E-state index is 0.456. The van der Waals surface area contributed by atoms with Crippen LogP contribution in [0.5, 0.6) is 0 Å². The zero-order chi connectivity index (χ0) is 15.4. The smallest absolute Gasteiger partial charge is 0.264 e. The first-order valence-electron chi connectivity index (χ1n) is 6.52. The molecule has 2 heterocycles. The lowest BCUT2D eigenvalue weighted by atomic mass is 10.1. The van der Waals surface area contributed by atoms with Gasteiger partial charge in [-0.05, 0) is 35.2 Å². The molecule has 0 saturated carbocycles. The van der Waals surface area contributed by atoms with Gasteiger partial charge in [0.25, 0.3) is 5.24 Å². The van der Waals surface area contributed by atoms with Crippen LogP contribution in [0.2, 0.25) is 0 Å². The Labute approximate surface area is 141 Å². The number of benzene rings is 1. The van der Waals surface area contributed by atoms with E-state index in [2.05, 4.69) is 28.2 Å². The second-order valence-corrected chi connectivity index (χ2v) is 7.25. The van der Waals surface area contributed by atoms with Crippen molar-refractivity contribution < 1.29 is 4.79 Å². The number of aromatic nitrogens is 2. The zero-order valence-corrected chi connectivity index (χ0v) is 13.8. The molecule has 0 atom stereocenters. The summed E-state index contributed by atoms with van der Waals surface area (Å²) in [6, 6.07) is 12.3. The van der Waals surface area contributed by atoms with Crippen LogP contribution in [0.4, 0.5) is 0 Å².